The Morgan fingerprint density at radius 1 is 1.07 bits per heavy atom. The third-order valence-corrected chi connectivity index (χ3v) is 6.29. The molecule has 1 rings (SSSR count). The second kappa shape index (κ2) is 12.8. The molecular formula is C26H44N2O. The summed E-state index contributed by atoms with van der Waals surface area (Å²) in [5.74, 6) is 0.347. The SMILES string of the molecule is C=NC(C)C(CCCC)N=Cc1cc(C(C)(CCCC)CCCC)cc(C)c1O. The average Bonchev–Trinajstić information content (AvgIpc) is 2.72. The number of hydrogen-bond acceptors (Lipinski definition) is 3. The van der Waals surface area contributed by atoms with E-state index in [0.29, 0.717) is 5.75 Å². The Labute approximate surface area is 179 Å². The molecule has 0 bridgehead atoms. The van der Waals surface area contributed by atoms with Crippen LogP contribution in [0.3, 0.4) is 0 Å². The van der Waals surface area contributed by atoms with Crippen LogP contribution in [0, 0.1) is 6.92 Å². The summed E-state index contributed by atoms with van der Waals surface area (Å²) in [5, 5.41) is 10.7. The van der Waals surface area contributed by atoms with Crippen molar-refractivity contribution in [1.82, 2.24) is 0 Å². The maximum atomic E-state index is 10.7. The van der Waals surface area contributed by atoms with Crippen LogP contribution in [0.15, 0.2) is 22.1 Å². The summed E-state index contributed by atoms with van der Waals surface area (Å²) in [6.45, 7) is 16.9. The van der Waals surface area contributed by atoms with E-state index in [4.69, 9.17) is 4.99 Å². The van der Waals surface area contributed by atoms with Gasteiger partial charge in [0.05, 0.1) is 12.1 Å². The zero-order chi connectivity index (χ0) is 21.9. The summed E-state index contributed by atoms with van der Waals surface area (Å²) in [5.41, 5.74) is 3.24. The third-order valence-electron chi connectivity index (χ3n) is 6.29. The summed E-state index contributed by atoms with van der Waals surface area (Å²) < 4.78 is 0. The van der Waals surface area contributed by atoms with Crippen molar-refractivity contribution >= 4 is 12.9 Å². The largest absolute Gasteiger partial charge is 0.507 e. The lowest BCUT2D eigenvalue weighted by Crippen LogP contribution is -2.23. The predicted octanol–water partition coefficient (Wildman–Crippen LogP) is 7.41. The molecule has 0 saturated heterocycles. The van der Waals surface area contributed by atoms with Crippen LogP contribution in [0.2, 0.25) is 0 Å². The highest BCUT2D eigenvalue weighted by molar-refractivity contribution is 5.84. The quantitative estimate of drug-likeness (QED) is 0.325. The van der Waals surface area contributed by atoms with E-state index in [1.54, 1.807) is 0 Å². The van der Waals surface area contributed by atoms with Crippen LogP contribution in [0.25, 0.3) is 0 Å². The van der Waals surface area contributed by atoms with E-state index < -0.39 is 0 Å². The zero-order valence-electron chi connectivity index (χ0n) is 19.8. The third kappa shape index (κ3) is 7.60. The van der Waals surface area contributed by atoms with Crippen molar-refractivity contribution in [3.05, 3.63) is 28.8 Å². The molecule has 1 aromatic rings. The van der Waals surface area contributed by atoms with Gasteiger partial charge in [0, 0.05) is 11.8 Å². The molecule has 1 N–H and O–H groups in total. The van der Waals surface area contributed by atoms with E-state index in [2.05, 4.69) is 58.5 Å². The van der Waals surface area contributed by atoms with E-state index in [1.807, 2.05) is 13.1 Å². The van der Waals surface area contributed by atoms with E-state index in [9.17, 15) is 5.11 Å². The van der Waals surface area contributed by atoms with Gasteiger partial charge in [0.2, 0.25) is 0 Å². The molecule has 29 heavy (non-hydrogen) atoms. The molecule has 0 aliphatic rings. The average molecular weight is 401 g/mol. The number of unbranched alkanes of at least 4 members (excludes halogenated alkanes) is 3. The Morgan fingerprint density at radius 3 is 2.17 bits per heavy atom. The van der Waals surface area contributed by atoms with Gasteiger partial charge in [-0.05, 0) is 62.4 Å². The molecular weight excluding hydrogens is 356 g/mol. The number of hydrogen-bond donors (Lipinski definition) is 1. The van der Waals surface area contributed by atoms with Crippen LogP contribution in [0.5, 0.6) is 5.75 Å². The van der Waals surface area contributed by atoms with Gasteiger partial charge in [-0.1, -0.05) is 72.3 Å². The first-order valence-corrected chi connectivity index (χ1v) is 11.7. The fraction of sp³-hybridized carbons (Fsp3) is 0.692. The standard InChI is InChI=1S/C26H44N2O/c1-8-11-14-24(21(5)27-7)28-19-22-18-23(17-20(4)25(22)29)26(6,15-12-9-2)16-13-10-3/h17-19,21,24,29H,7-16H2,1-6H3. The molecule has 0 spiro atoms. The van der Waals surface area contributed by atoms with Crippen LogP contribution in [0.4, 0.5) is 0 Å². The van der Waals surface area contributed by atoms with Crippen molar-refractivity contribution in [3.8, 4) is 5.75 Å². The lowest BCUT2D eigenvalue weighted by atomic mass is 9.73. The minimum atomic E-state index is 0.0867. The van der Waals surface area contributed by atoms with Crippen LogP contribution in [-0.2, 0) is 5.41 Å². The van der Waals surface area contributed by atoms with Crippen molar-refractivity contribution < 1.29 is 5.11 Å². The highest BCUT2D eigenvalue weighted by atomic mass is 16.3. The smallest absolute Gasteiger partial charge is 0.127 e. The molecule has 0 aromatic heterocycles. The van der Waals surface area contributed by atoms with Gasteiger partial charge in [-0.3, -0.25) is 9.98 Å². The second-order valence-corrected chi connectivity index (χ2v) is 8.91. The number of aromatic hydroxyl groups is 1. The number of nitrogens with zero attached hydrogens (tertiary/aromatic N) is 2. The number of phenolic OH excluding ortho intramolecular Hbond substituents is 1. The Bertz CT molecular complexity index is 642. The molecule has 0 amide bonds. The van der Waals surface area contributed by atoms with Crippen LogP contribution < -0.4 is 0 Å². The summed E-state index contributed by atoms with van der Waals surface area (Å²) in [7, 11) is 0. The minimum absolute atomic E-state index is 0.0867. The van der Waals surface area contributed by atoms with Crippen LogP contribution in [-0.4, -0.2) is 30.1 Å². The molecule has 0 aliphatic carbocycles. The first-order chi connectivity index (χ1) is 13.8. The van der Waals surface area contributed by atoms with Gasteiger partial charge < -0.3 is 5.11 Å². The zero-order valence-corrected chi connectivity index (χ0v) is 19.8. The Hall–Kier alpha value is -1.64. The van der Waals surface area contributed by atoms with E-state index in [-0.39, 0.29) is 17.5 Å². The molecule has 3 heteroatoms. The van der Waals surface area contributed by atoms with Gasteiger partial charge in [-0.2, -0.15) is 0 Å². The van der Waals surface area contributed by atoms with Crippen molar-refractivity contribution in [2.24, 2.45) is 9.98 Å². The number of benzene rings is 1. The molecule has 0 heterocycles. The predicted molar refractivity (Wildman–Crippen MR) is 129 cm³/mol. The molecule has 0 fully saturated rings. The van der Waals surface area contributed by atoms with Crippen molar-refractivity contribution in [1.29, 1.82) is 0 Å². The number of aliphatic imine (C=N–C) groups is 2. The number of rotatable bonds is 14. The van der Waals surface area contributed by atoms with Gasteiger partial charge in [0.15, 0.2) is 0 Å². The minimum Gasteiger partial charge on any atom is -0.507 e. The second-order valence-electron chi connectivity index (χ2n) is 8.91. The Morgan fingerprint density at radius 2 is 1.66 bits per heavy atom. The van der Waals surface area contributed by atoms with Gasteiger partial charge >= 0.3 is 0 Å². The summed E-state index contributed by atoms with van der Waals surface area (Å²) >= 11 is 0. The van der Waals surface area contributed by atoms with E-state index in [1.165, 1.54) is 44.1 Å². The molecule has 1 aromatic carbocycles. The Balaban J connectivity index is 3.27. The number of aryl methyl sites for hydroxylation is 1. The first-order valence-electron chi connectivity index (χ1n) is 11.7. The summed E-state index contributed by atoms with van der Waals surface area (Å²) in [4.78, 5) is 9.02. The topological polar surface area (TPSA) is 45.0 Å². The first kappa shape index (κ1) is 25.4. The highest BCUT2D eigenvalue weighted by Gasteiger charge is 2.27. The van der Waals surface area contributed by atoms with Crippen molar-refractivity contribution in [2.75, 3.05) is 0 Å². The van der Waals surface area contributed by atoms with E-state index in [0.717, 1.165) is 30.4 Å². The van der Waals surface area contributed by atoms with Gasteiger partial charge in [-0.25, -0.2) is 0 Å². The van der Waals surface area contributed by atoms with Crippen LogP contribution >= 0.6 is 0 Å². The fourth-order valence-electron chi connectivity index (χ4n) is 3.95. The summed E-state index contributed by atoms with van der Waals surface area (Å²) in [6.07, 6.45) is 12.4. The highest BCUT2D eigenvalue weighted by Crippen LogP contribution is 2.38. The molecule has 0 radical (unpaired) electrons. The monoisotopic (exact) mass is 400 g/mol. The van der Waals surface area contributed by atoms with Crippen LogP contribution in [0.1, 0.15) is 109 Å². The molecule has 164 valence electrons. The maximum absolute atomic E-state index is 10.7. The van der Waals surface area contributed by atoms with Gasteiger partial charge in [-0.15, -0.1) is 0 Å². The maximum Gasteiger partial charge on any atom is 0.127 e. The Kier molecular flexibility index (Phi) is 11.2. The lowest BCUT2D eigenvalue weighted by Gasteiger charge is -2.31. The van der Waals surface area contributed by atoms with Crippen molar-refractivity contribution in [2.45, 2.75) is 117 Å². The molecule has 2 atom stereocenters. The van der Waals surface area contributed by atoms with E-state index >= 15 is 0 Å². The number of phenols is 1. The van der Waals surface area contributed by atoms with Gasteiger partial charge in [0.25, 0.3) is 0 Å². The molecule has 3 nitrogen and oxygen atoms in total. The molecule has 0 aliphatic heterocycles. The molecule has 2 unspecified atom stereocenters. The normalized spacial score (nSPS) is 14.3. The van der Waals surface area contributed by atoms with Gasteiger partial charge in [0.1, 0.15) is 5.75 Å². The lowest BCUT2D eigenvalue weighted by molar-refractivity contribution is 0.373. The molecule has 0 saturated carbocycles. The van der Waals surface area contributed by atoms with Crippen molar-refractivity contribution in [3.63, 3.8) is 0 Å². The summed E-state index contributed by atoms with van der Waals surface area (Å²) in [6, 6.07) is 4.55. The fourth-order valence-corrected chi connectivity index (χ4v) is 3.95.